The second-order valence-corrected chi connectivity index (χ2v) is 7.34. The summed E-state index contributed by atoms with van der Waals surface area (Å²) in [5, 5.41) is 2.61. The third-order valence-electron chi connectivity index (χ3n) is 4.42. The van der Waals surface area contributed by atoms with E-state index in [0.717, 1.165) is 16.7 Å². The molecule has 1 N–H and O–H groups in total. The number of nitrogens with one attached hydrogen (secondary N) is 1. The molecule has 1 unspecified atom stereocenters. The van der Waals surface area contributed by atoms with Crippen molar-refractivity contribution < 1.29 is 14.0 Å². The summed E-state index contributed by atoms with van der Waals surface area (Å²) in [7, 11) is 1.57. The van der Waals surface area contributed by atoms with Crippen molar-refractivity contribution in [2.24, 2.45) is 0 Å². The number of nitrogens with zero attached hydrogens (tertiary/aromatic N) is 1. The Morgan fingerprint density at radius 3 is 2.44 bits per heavy atom. The number of hydrogen-bond acceptors (Lipinski definition) is 3. The van der Waals surface area contributed by atoms with E-state index in [9.17, 15) is 14.0 Å². The number of amides is 2. The summed E-state index contributed by atoms with van der Waals surface area (Å²) in [6.07, 6.45) is 0. The van der Waals surface area contributed by atoms with Crippen molar-refractivity contribution in [2.75, 3.05) is 12.8 Å². The number of aryl methyl sites for hydroxylation is 1. The van der Waals surface area contributed by atoms with Gasteiger partial charge in [0, 0.05) is 19.3 Å². The summed E-state index contributed by atoms with van der Waals surface area (Å²) in [6, 6.07) is 13.5. The molecule has 0 aliphatic heterocycles. The first-order chi connectivity index (χ1) is 12.9. The number of likely N-dealkylation sites (N-methyl/N-ethyl adjacent to an activating group) is 1. The average Bonchev–Trinajstić information content (AvgIpc) is 2.67. The van der Waals surface area contributed by atoms with E-state index >= 15 is 0 Å². The van der Waals surface area contributed by atoms with Crippen molar-refractivity contribution in [2.45, 2.75) is 32.2 Å². The van der Waals surface area contributed by atoms with Crippen LogP contribution in [0.4, 0.5) is 4.39 Å². The van der Waals surface area contributed by atoms with Crippen LogP contribution in [0, 0.1) is 12.7 Å². The zero-order chi connectivity index (χ0) is 19.8. The van der Waals surface area contributed by atoms with E-state index in [1.807, 2.05) is 31.2 Å². The van der Waals surface area contributed by atoms with Crippen LogP contribution in [0.25, 0.3) is 0 Å². The first-order valence-corrected chi connectivity index (χ1v) is 9.95. The number of hydrogen-bond donors (Lipinski definition) is 1. The Morgan fingerprint density at radius 1 is 1.15 bits per heavy atom. The zero-order valence-electron chi connectivity index (χ0n) is 15.9. The molecule has 1 atom stereocenters. The van der Waals surface area contributed by atoms with Gasteiger partial charge in [0.25, 0.3) is 0 Å². The van der Waals surface area contributed by atoms with Crippen LogP contribution in [0.3, 0.4) is 0 Å². The number of benzene rings is 2. The van der Waals surface area contributed by atoms with E-state index < -0.39 is 6.04 Å². The Morgan fingerprint density at radius 2 is 1.81 bits per heavy atom. The molecule has 0 saturated heterocycles. The fourth-order valence-corrected chi connectivity index (χ4v) is 3.55. The molecule has 0 bridgehead atoms. The molecule has 0 fully saturated rings. The Bertz CT molecular complexity index is 780. The van der Waals surface area contributed by atoms with Gasteiger partial charge in [0.2, 0.25) is 11.8 Å². The summed E-state index contributed by atoms with van der Waals surface area (Å²) in [5.74, 6) is 0.300. The van der Waals surface area contributed by atoms with Crippen molar-refractivity contribution in [3.63, 3.8) is 0 Å². The summed E-state index contributed by atoms with van der Waals surface area (Å²) < 4.78 is 13.0. The van der Waals surface area contributed by atoms with Crippen LogP contribution in [0.15, 0.2) is 48.5 Å². The van der Waals surface area contributed by atoms with Gasteiger partial charge in [-0.15, -0.1) is 11.8 Å². The Hall–Kier alpha value is -2.34. The molecule has 2 aromatic rings. The lowest BCUT2D eigenvalue weighted by molar-refractivity contribution is -0.138. The van der Waals surface area contributed by atoms with Crippen LogP contribution in [-0.2, 0) is 21.9 Å². The second-order valence-electron chi connectivity index (χ2n) is 6.36. The fraction of sp³-hybridized carbons (Fsp3) is 0.333. The van der Waals surface area contributed by atoms with Gasteiger partial charge in [0.1, 0.15) is 11.9 Å². The number of halogens is 1. The van der Waals surface area contributed by atoms with Gasteiger partial charge in [-0.05, 0) is 42.7 Å². The SMILES string of the molecule is CNC(=O)C(C)N(Cc1ccccc1C)C(=O)CSCc1ccc(F)cc1. The van der Waals surface area contributed by atoms with Crippen molar-refractivity contribution in [3.05, 3.63) is 71.0 Å². The van der Waals surface area contributed by atoms with Gasteiger partial charge in [-0.2, -0.15) is 0 Å². The summed E-state index contributed by atoms with van der Waals surface area (Å²) >= 11 is 1.45. The van der Waals surface area contributed by atoms with Gasteiger partial charge < -0.3 is 10.2 Å². The van der Waals surface area contributed by atoms with Gasteiger partial charge >= 0.3 is 0 Å². The molecule has 27 heavy (non-hydrogen) atoms. The molecule has 0 aromatic heterocycles. The van der Waals surface area contributed by atoms with Crippen LogP contribution < -0.4 is 5.32 Å². The molecule has 2 amide bonds. The first-order valence-electron chi connectivity index (χ1n) is 8.80. The molecule has 2 aromatic carbocycles. The normalized spacial score (nSPS) is 11.7. The summed E-state index contributed by atoms with van der Waals surface area (Å²) in [4.78, 5) is 26.6. The van der Waals surface area contributed by atoms with E-state index in [2.05, 4.69) is 5.32 Å². The molecule has 0 radical (unpaired) electrons. The van der Waals surface area contributed by atoms with E-state index in [-0.39, 0.29) is 23.4 Å². The van der Waals surface area contributed by atoms with Crippen LogP contribution in [0.2, 0.25) is 0 Å². The van der Waals surface area contributed by atoms with E-state index in [4.69, 9.17) is 0 Å². The van der Waals surface area contributed by atoms with Gasteiger partial charge in [0.05, 0.1) is 5.75 Å². The zero-order valence-corrected chi connectivity index (χ0v) is 16.7. The maximum atomic E-state index is 13.0. The van der Waals surface area contributed by atoms with Crippen molar-refractivity contribution in [1.29, 1.82) is 0 Å². The predicted molar refractivity (Wildman–Crippen MR) is 108 cm³/mol. The molecular formula is C21H25FN2O2S. The Balaban J connectivity index is 2.04. The molecule has 4 nitrogen and oxygen atoms in total. The van der Waals surface area contributed by atoms with Crippen molar-refractivity contribution >= 4 is 23.6 Å². The standard InChI is InChI=1S/C21H25FN2O2S/c1-15-6-4-5-7-18(15)12-24(16(2)21(26)23-3)20(25)14-27-13-17-8-10-19(22)11-9-17/h4-11,16H,12-14H2,1-3H3,(H,23,26). The molecule has 6 heteroatoms. The largest absolute Gasteiger partial charge is 0.357 e. The number of rotatable bonds is 8. The van der Waals surface area contributed by atoms with E-state index in [1.165, 1.54) is 23.9 Å². The highest BCUT2D eigenvalue weighted by Gasteiger charge is 2.25. The van der Waals surface area contributed by atoms with Gasteiger partial charge in [-0.25, -0.2) is 4.39 Å². The Labute approximate surface area is 164 Å². The van der Waals surface area contributed by atoms with Crippen molar-refractivity contribution in [1.82, 2.24) is 10.2 Å². The first kappa shape index (κ1) is 21.0. The van der Waals surface area contributed by atoms with E-state index in [1.54, 1.807) is 31.0 Å². The molecule has 0 spiro atoms. The third-order valence-corrected chi connectivity index (χ3v) is 5.41. The highest BCUT2D eigenvalue weighted by Crippen LogP contribution is 2.17. The van der Waals surface area contributed by atoms with E-state index in [0.29, 0.717) is 12.3 Å². The molecule has 144 valence electrons. The van der Waals surface area contributed by atoms with Crippen LogP contribution >= 0.6 is 11.8 Å². The second kappa shape index (κ2) is 10.1. The molecule has 0 heterocycles. The molecule has 0 aliphatic rings. The van der Waals surface area contributed by atoms with Gasteiger partial charge in [-0.1, -0.05) is 36.4 Å². The lowest BCUT2D eigenvalue weighted by Gasteiger charge is -2.29. The maximum absolute atomic E-state index is 13.0. The van der Waals surface area contributed by atoms with Crippen LogP contribution in [0.1, 0.15) is 23.6 Å². The van der Waals surface area contributed by atoms with Crippen LogP contribution in [0.5, 0.6) is 0 Å². The minimum absolute atomic E-state index is 0.0959. The van der Waals surface area contributed by atoms with Crippen molar-refractivity contribution in [3.8, 4) is 0 Å². The molecular weight excluding hydrogens is 363 g/mol. The molecule has 0 aliphatic carbocycles. The highest BCUT2D eigenvalue weighted by atomic mass is 32.2. The minimum Gasteiger partial charge on any atom is -0.357 e. The summed E-state index contributed by atoms with van der Waals surface area (Å²) in [6.45, 7) is 4.11. The number of thioether (sulfide) groups is 1. The number of carbonyl (C=O) groups is 2. The number of carbonyl (C=O) groups excluding carboxylic acids is 2. The third kappa shape index (κ3) is 6.10. The molecule has 2 rings (SSSR count). The summed E-state index contributed by atoms with van der Waals surface area (Å²) in [5.41, 5.74) is 3.06. The Kier molecular flexibility index (Phi) is 7.85. The minimum atomic E-state index is -0.562. The highest BCUT2D eigenvalue weighted by molar-refractivity contribution is 7.99. The maximum Gasteiger partial charge on any atom is 0.242 e. The quantitative estimate of drug-likeness (QED) is 0.753. The molecule has 0 saturated carbocycles. The smallest absolute Gasteiger partial charge is 0.242 e. The monoisotopic (exact) mass is 388 g/mol. The van der Waals surface area contributed by atoms with Crippen LogP contribution in [-0.4, -0.2) is 35.6 Å². The topological polar surface area (TPSA) is 49.4 Å². The predicted octanol–water partition coefficient (Wildman–Crippen LogP) is 3.53. The fourth-order valence-electron chi connectivity index (χ4n) is 2.68. The average molecular weight is 389 g/mol. The van der Waals surface area contributed by atoms with Gasteiger partial charge in [-0.3, -0.25) is 9.59 Å². The lowest BCUT2D eigenvalue weighted by Crippen LogP contribution is -2.47. The van der Waals surface area contributed by atoms with Gasteiger partial charge in [0.15, 0.2) is 0 Å². The lowest BCUT2D eigenvalue weighted by atomic mass is 10.1.